The molecule has 0 bridgehead atoms. The van der Waals surface area contributed by atoms with Gasteiger partial charge in [-0.2, -0.15) is 0 Å². The first-order valence-electron chi connectivity index (χ1n) is 12.9. The van der Waals surface area contributed by atoms with E-state index in [1.807, 2.05) is 44.2 Å². The topological polar surface area (TPSA) is 132 Å². The molecule has 1 aromatic heterocycles. The van der Waals surface area contributed by atoms with Gasteiger partial charge in [0, 0.05) is 35.5 Å². The largest absolute Gasteiger partial charge is 0.508 e. The van der Waals surface area contributed by atoms with Crippen LogP contribution >= 0.6 is 0 Å². The summed E-state index contributed by atoms with van der Waals surface area (Å²) in [5, 5.41) is 24.3. The van der Waals surface area contributed by atoms with Gasteiger partial charge in [0.15, 0.2) is 0 Å². The Morgan fingerprint density at radius 2 is 1.68 bits per heavy atom. The van der Waals surface area contributed by atoms with Crippen molar-refractivity contribution in [2.45, 2.75) is 45.2 Å². The number of fused-ring (bicyclic) bond motifs is 1. The number of H-pyrrole nitrogens is 1. The van der Waals surface area contributed by atoms with Crippen molar-refractivity contribution in [3.05, 3.63) is 101 Å². The first kappa shape index (κ1) is 28.4. The minimum atomic E-state index is -1.66. The van der Waals surface area contributed by atoms with Gasteiger partial charge in [-0.05, 0) is 62.2 Å². The second kappa shape index (κ2) is 11.6. The summed E-state index contributed by atoms with van der Waals surface area (Å²) in [6.07, 6.45) is 1.74. The van der Waals surface area contributed by atoms with E-state index in [9.17, 15) is 24.6 Å². The molecule has 0 aliphatic heterocycles. The van der Waals surface area contributed by atoms with Crippen LogP contribution in [-0.2, 0) is 27.3 Å². The maximum atomic E-state index is 14.0. The van der Waals surface area contributed by atoms with Crippen LogP contribution in [0, 0.1) is 13.8 Å². The van der Waals surface area contributed by atoms with Crippen molar-refractivity contribution in [2.24, 2.45) is 0 Å². The summed E-state index contributed by atoms with van der Waals surface area (Å²) in [4.78, 5) is 48.8. The first-order chi connectivity index (χ1) is 19.0. The third-order valence-electron chi connectivity index (χ3n) is 6.96. The van der Waals surface area contributed by atoms with Crippen LogP contribution in [0.2, 0.25) is 0 Å². The van der Waals surface area contributed by atoms with E-state index in [2.05, 4.69) is 10.3 Å². The van der Waals surface area contributed by atoms with Gasteiger partial charge < -0.3 is 20.5 Å². The number of phenols is 1. The number of aromatic hydroxyl groups is 1. The standard InChI is InChI=1S/C31H33N3O6/c1-19-13-20(2)15-22(14-19)28(36)34(40-4)31(3,17-21-9-11-24(35)12-10-21)30(39)33-27(29(37)38)16-23-18-32-26-8-6-5-7-25(23)26/h5-15,18,27,32,35H,16-17H2,1-4H3,(H,33,39)(H,37,38)/t27-,31+/m0/s1. The number of aromatic nitrogens is 1. The molecule has 2 amide bonds. The summed E-state index contributed by atoms with van der Waals surface area (Å²) in [6, 6.07) is 17.8. The highest BCUT2D eigenvalue weighted by Crippen LogP contribution is 2.27. The summed E-state index contributed by atoms with van der Waals surface area (Å²) in [7, 11) is 1.30. The molecule has 2 atom stereocenters. The molecule has 0 fully saturated rings. The molecule has 0 saturated heterocycles. The number of nitrogens with zero attached hydrogens (tertiary/aromatic N) is 1. The van der Waals surface area contributed by atoms with Crippen LogP contribution in [0.25, 0.3) is 10.9 Å². The van der Waals surface area contributed by atoms with Gasteiger partial charge in [0.25, 0.3) is 5.91 Å². The van der Waals surface area contributed by atoms with E-state index < -0.39 is 29.4 Å². The normalized spacial score (nSPS) is 13.4. The van der Waals surface area contributed by atoms with Crippen molar-refractivity contribution in [1.82, 2.24) is 15.4 Å². The summed E-state index contributed by atoms with van der Waals surface area (Å²) >= 11 is 0. The van der Waals surface area contributed by atoms with Gasteiger partial charge in [0.05, 0.1) is 7.11 Å². The van der Waals surface area contributed by atoms with Crippen LogP contribution < -0.4 is 5.32 Å². The number of nitrogens with one attached hydrogen (secondary N) is 2. The molecule has 1 heterocycles. The number of aliphatic carboxylic acids is 1. The number of carboxylic acid groups (broad SMARTS) is 1. The van der Waals surface area contributed by atoms with E-state index >= 15 is 0 Å². The number of para-hydroxylation sites is 1. The number of rotatable bonds is 10. The lowest BCUT2D eigenvalue weighted by Gasteiger charge is -2.38. The molecule has 0 saturated carbocycles. The number of carbonyl (C=O) groups is 3. The molecule has 9 nitrogen and oxygen atoms in total. The number of hydrogen-bond acceptors (Lipinski definition) is 5. The maximum absolute atomic E-state index is 14.0. The number of carboxylic acids is 1. The third-order valence-corrected chi connectivity index (χ3v) is 6.96. The zero-order valence-corrected chi connectivity index (χ0v) is 22.9. The van der Waals surface area contributed by atoms with Crippen LogP contribution in [0.15, 0.2) is 72.9 Å². The molecule has 208 valence electrons. The van der Waals surface area contributed by atoms with Gasteiger partial charge in [-0.25, -0.2) is 9.86 Å². The predicted octanol–water partition coefficient (Wildman–Crippen LogP) is 4.31. The van der Waals surface area contributed by atoms with Crippen molar-refractivity contribution in [3.8, 4) is 5.75 Å². The zero-order valence-electron chi connectivity index (χ0n) is 22.9. The number of amides is 2. The third kappa shape index (κ3) is 6.00. The van der Waals surface area contributed by atoms with E-state index in [4.69, 9.17) is 4.84 Å². The Kier molecular flexibility index (Phi) is 8.25. The molecule has 4 N–H and O–H groups in total. The lowest BCUT2D eigenvalue weighted by Crippen LogP contribution is -2.62. The molecule has 9 heteroatoms. The quantitative estimate of drug-likeness (QED) is 0.221. The Hall–Kier alpha value is -4.63. The molecule has 0 radical (unpaired) electrons. The summed E-state index contributed by atoms with van der Waals surface area (Å²) in [6.45, 7) is 5.26. The highest BCUT2D eigenvalue weighted by atomic mass is 16.7. The van der Waals surface area contributed by atoms with Crippen LogP contribution in [0.5, 0.6) is 5.75 Å². The van der Waals surface area contributed by atoms with Crippen molar-refractivity contribution < 1.29 is 29.4 Å². The van der Waals surface area contributed by atoms with E-state index in [0.717, 1.165) is 32.7 Å². The lowest BCUT2D eigenvalue weighted by molar-refractivity contribution is -0.175. The van der Waals surface area contributed by atoms with Crippen LogP contribution in [0.3, 0.4) is 0 Å². The number of carbonyl (C=O) groups excluding carboxylic acids is 2. The molecule has 40 heavy (non-hydrogen) atoms. The fourth-order valence-corrected chi connectivity index (χ4v) is 5.01. The number of hydroxylamine groups is 2. The number of aromatic amines is 1. The monoisotopic (exact) mass is 543 g/mol. The average molecular weight is 544 g/mol. The van der Waals surface area contributed by atoms with Crippen LogP contribution in [-0.4, -0.2) is 56.7 Å². The average Bonchev–Trinajstić information content (AvgIpc) is 3.32. The van der Waals surface area contributed by atoms with E-state index in [1.54, 1.807) is 30.5 Å². The van der Waals surface area contributed by atoms with E-state index in [1.165, 1.54) is 26.2 Å². The molecule has 0 unspecified atom stereocenters. The SMILES string of the molecule is CON(C(=O)c1cc(C)cc(C)c1)[C@](C)(Cc1ccc(O)cc1)C(=O)N[C@@H](Cc1c[nH]c2ccccc12)C(=O)O. The lowest BCUT2D eigenvalue weighted by atomic mass is 9.89. The molecular formula is C31H33N3O6. The Morgan fingerprint density at radius 1 is 1.02 bits per heavy atom. The minimum Gasteiger partial charge on any atom is -0.508 e. The van der Waals surface area contributed by atoms with Crippen molar-refractivity contribution >= 4 is 28.7 Å². The Labute approximate surface area is 232 Å². The number of benzene rings is 3. The highest BCUT2D eigenvalue weighted by molar-refractivity contribution is 5.99. The van der Waals surface area contributed by atoms with Gasteiger partial charge in [0.2, 0.25) is 5.91 Å². The summed E-state index contributed by atoms with van der Waals surface area (Å²) in [5.41, 5.74) is 2.64. The Bertz CT molecular complexity index is 1520. The predicted molar refractivity (Wildman–Crippen MR) is 151 cm³/mol. The highest BCUT2D eigenvalue weighted by Gasteiger charge is 2.45. The summed E-state index contributed by atoms with van der Waals surface area (Å²) < 4.78 is 0. The molecule has 4 aromatic rings. The van der Waals surface area contributed by atoms with Gasteiger partial charge in [0.1, 0.15) is 17.3 Å². The summed E-state index contributed by atoms with van der Waals surface area (Å²) in [5.74, 6) is -2.41. The smallest absolute Gasteiger partial charge is 0.326 e. The zero-order chi connectivity index (χ0) is 29.0. The second-order valence-electron chi connectivity index (χ2n) is 10.2. The van der Waals surface area contributed by atoms with Crippen LogP contribution in [0.1, 0.15) is 39.5 Å². The number of hydrogen-bond donors (Lipinski definition) is 4. The van der Waals surface area contributed by atoms with E-state index in [0.29, 0.717) is 11.1 Å². The molecule has 0 spiro atoms. The maximum Gasteiger partial charge on any atom is 0.326 e. The first-order valence-corrected chi connectivity index (χ1v) is 12.9. The number of aryl methyl sites for hydroxylation is 2. The van der Waals surface area contributed by atoms with Gasteiger partial charge >= 0.3 is 5.97 Å². The van der Waals surface area contributed by atoms with Gasteiger partial charge in [-0.15, -0.1) is 0 Å². The fourth-order valence-electron chi connectivity index (χ4n) is 5.01. The van der Waals surface area contributed by atoms with Gasteiger partial charge in [-0.1, -0.05) is 47.5 Å². The Balaban J connectivity index is 1.70. The number of phenolic OH excluding ortho intramolecular Hbond substituents is 1. The van der Waals surface area contributed by atoms with Crippen molar-refractivity contribution in [2.75, 3.05) is 7.11 Å². The molecule has 3 aromatic carbocycles. The van der Waals surface area contributed by atoms with Crippen LogP contribution in [0.4, 0.5) is 0 Å². The van der Waals surface area contributed by atoms with Crippen molar-refractivity contribution in [1.29, 1.82) is 0 Å². The second-order valence-corrected chi connectivity index (χ2v) is 10.2. The molecule has 0 aliphatic rings. The molecular weight excluding hydrogens is 510 g/mol. The van der Waals surface area contributed by atoms with E-state index in [-0.39, 0.29) is 18.6 Å². The minimum absolute atomic E-state index is 0.0110. The van der Waals surface area contributed by atoms with Crippen molar-refractivity contribution in [3.63, 3.8) is 0 Å². The fraction of sp³-hybridized carbons (Fsp3) is 0.258. The van der Waals surface area contributed by atoms with Gasteiger partial charge in [-0.3, -0.25) is 14.4 Å². The molecule has 0 aliphatic carbocycles. The molecule has 4 rings (SSSR count). The Morgan fingerprint density at radius 3 is 2.30 bits per heavy atom.